The molecule has 1 heterocycles. The van der Waals surface area contributed by atoms with Crippen molar-refractivity contribution in [3.8, 4) is 0 Å². The highest BCUT2D eigenvalue weighted by Gasteiger charge is 2.28. The molecule has 3 aromatic carbocycles. The standard InChI is InChI=1S/C27H28N4O2/c1-4-31(17-24-28-22-13-9-8-12-21(22)26(32)30-24)25(20-10-6-5-7-11-20)27(33)29-23-16-18(2)14-15-19(23)3/h5-16,25H,4,17H2,1-3H3,(H,29,33)(H,28,30,32). The van der Waals surface area contributed by atoms with Crippen molar-refractivity contribution in [1.82, 2.24) is 14.9 Å². The van der Waals surface area contributed by atoms with Gasteiger partial charge in [-0.3, -0.25) is 14.5 Å². The second kappa shape index (κ2) is 9.79. The lowest BCUT2D eigenvalue weighted by molar-refractivity contribution is -0.121. The van der Waals surface area contributed by atoms with Gasteiger partial charge < -0.3 is 10.3 Å². The fourth-order valence-corrected chi connectivity index (χ4v) is 4.02. The predicted molar refractivity (Wildman–Crippen MR) is 132 cm³/mol. The normalized spacial score (nSPS) is 12.1. The Morgan fingerprint density at radius 2 is 1.76 bits per heavy atom. The molecule has 168 valence electrons. The summed E-state index contributed by atoms with van der Waals surface area (Å²) in [5, 5.41) is 3.67. The summed E-state index contributed by atoms with van der Waals surface area (Å²) in [4.78, 5) is 35.7. The number of fused-ring (bicyclic) bond motifs is 1. The van der Waals surface area contributed by atoms with Crippen LogP contribution >= 0.6 is 0 Å². The number of rotatable bonds is 7. The molecule has 4 aromatic rings. The molecule has 1 amide bonds. The Morgan fingerprint density at radius 1 is 1.03 bits per heavy atom. The number of amides is 1. The van der Waals surface area contributed by atoms with E-state index in [1.807, 2.05) is 92.4 Å². The number of para-hydroxylation sites is 1. The third kappa shape index (κ3) is 5.02. The number of hydrogen-bond acceptors (Lipinski definition) is 4. The molecule has 0 aliphatic rings. The molecule has 0 radical (unpaired) electrons. The van der Waals surface area contributed by atoms with Crippen LogP contribution in [0.3, 0.4) is 0 Å². The first kappa shape index (κ1) is 22.4. The Balaban J connectivity index is 1.69. The van der Waals surface area contributed by atoms with Crippen molar-refractivity contribution in [2.45, 2.75) is 33.4 Å². The third-order valence-electron chi connectivity index (χ3n) is 5.80. The van der Waals surface area contributed by atoms with Crippen LogP contribution in [0.25, 0.3) is 10.9 Å². The van der Waals surface area contributed by atoms with Crippen LogP contribution in [0, 0.1) is 13.8 Å². The SMILES string of the molecule is CCN(Cc1nc2ccccc2c(=O)[nH]1)C(C(=O)Nc1cc(C)ccc1C)c1ccccc1. The molecule has 1 atom stereocenters. The van der Waals surface area contributed by atoms with Crippen LogP contribution < -0.4 is 10.9 Å². The van der Waals surface area contributed by atoms with Crippen molar-refractivity contribution in [3.63, 3.8) is 0 Å². The summed E-state index contributed by atoms with van der Waals surface area (Å²) < 4.78 is 0. The highest BCUT2D eigenvalue weighted by atomic mass is 16.2. The summed E-state index contributed by atoms with van der Waals surface area (Å²) in [6.07, 6.45) is 0. The van der Waals surface area contributed by atoms with Gasteiger partial charge in [0, 0.05) is 5.69 Å². The molecule has 6 heteroatoms. The Morgan fingerprint density at radius 3 is 2.52 bits per heavy atom. The van der Waals surface area contributed by atoms with Gasteiger partial charge in [-0.05, 0) is 55.3 Å². The van der Waals surface area contributed by atoms with Crippen molar-refractivity contribution >= 4 is 22.5 Å². The van der Waals surface area contributed by atoms with Crippen LogP contribution in [-0.2, 0) is 11.3 Å². The maximum absolute atomic E-state index is 13.6. The molecule has 0 aliphatic carbocycles. The highest BCUT2D eigenvalue weighted by Crippen LogP contribution is 2.26. The molecule has 4 rings (SSSR count). The summed E-state index contributed by atoms with van der Waals surface area (Å²) in [5.41, 5.74) is 4.23. The minimum atomic E-state index is -0.548. The number of likely N-dealkylation sites (N-methyl/N-ethyl adjacent to an activating group) is 1. The zero-order chi connectivity index (χ0) is 23.4. The summed E-state index contributed by atoms with van der Waals surface area (Å²) in [7, 11) is 0. The third-order valence-corrected chi connectivity index (χ3v) is 5.80. The summed E-state index contributed by atoms with van der Waals surface area (Å²) in [6.45, 7) is 6.91. The first-order valence-corrected chi connectivity index (χ1v) is 11.1. The molecular weight excluding hydrogens is 412 g/mol. The molecule has 2 N–H and O–H groups in total. The number of nitrogens with one attached hydrogen (secondary N) is 2. The average Bonchev–Trinajstić information content (AvgIpc) is 2.82. The van der Waals surface area contributed by atoms with E-state index in [2.05, 4.69) is 15.3 Å². The number of aryl methyl sites for hydroxylation is 2. The summed E-state index contributed by atoms with van der Waals surface area (Å²) in [6, 6.07) is 22.4. The van der Waals surface area contributed by atoms with Gasteiger partial charge in [-0.25, -0.2) is 4.98 Å². The van der Waals surface area contributed by atoms with Gasteiger partial charge in [0.2, 0.25) is 5.91 Å². The Kier molecular flexibility index (Phi) is 6.66. The fraction of sp³-hybridized carbons (Fsp3) is 0.222. The second-order valence-corrected chi connectivity index (χ2v) is 8.21. The number of nitrogens with zero attached hydrogens (tertiary/aromatic N) is 2. The number of aromatic amines is 1. The Labute approximate surface area is 193 Å². The quantitative estimate of drug-likeness (QED) is 0.435. The van der Waals surface area contributed by atoms with Gasteiger partial charge in [0.05, 0.1) is 17.4 Å². The van der Waals surface area contributed by atoms with Gasteiger partial charge in [-0.1, -0.05) is 61.5 Å². The lowest BCUT2D eigenvalue weighted by Crippen LogP contribution is -2.37. The molecule has 0 saturated heterocycles. The van der Waals surface area contributed by atoms with Gasteiger partial charge in [0.15, 0.2) is 0 Å². The minimum absolute atomic E-state index is 0.125. The number of hydrogen-bond donors (Lipinski definition) is 2. The maximum Gasteiger partial charge on any atom is 0.258 e. The number of aromatic nitrogens is 2. The molecule has 1 aromatic heterocycles. The summed E-state index contributed by atoms with van der Waals surface area (Å²) in [5.74, 6) is 0.404. The van der Waals surface area contributed by atoms with E-state index in [9.17, 15) is 9.59 Å². The first-order valence-electron chi connectivity index (χ1n) is 11.1. The van der Waals surface area contributed by atoms with Gasteiger partial charge in [0.1, 0.15) is 11.9 Å². The maximum atomic E-state index is 13.6. The van der Waals surface area contributed by atoms with Crippen molar-refractivity contribution < 1.29 is 4.79 Å². The molecule has 0 fully saturated rings. The van der Waals surface area contributed by atoms with Gasteiger partial charge in [-0.2, -0.15) is 0 Å². The number of carbonyl (C=O) groups is 1. The minimum Gasteiger partial charge on any atom is -0.324 e. The van der Waals surface area contributed by atoms with E-state index in [1.165, 1.54) is 0 Å². The van der Waals surface area contributed by atoms with Crippen LogP contribution in [0.1, 0.15) is 35.5 Å². The van der Waals surface area contributed by atoms with Crippen LogP contribution in [-0.4, -0.2) is 27.3 Å². The predicted octanol–water partition coefficient (Wildman–Crippen LogP) is 4.74. The second-order valence-electron chi connectivity index (χ2n) is 8.21. The van der Waals surface area contributed by atoms with E-state index >= 15 is 0 Å². The van der Waals surface area contributed by atoms with Gasteiger partial charge in [-0.15, -0.1) is 0 Å². The largest absolute Gasteiger partial charge is 0.324 e. The van der Waals surface area contributed by atoms with Crippen molar-refractivity contribution in [2.24, 2.45) is 0 Å². The number of benzene rings is 3. The zero-order valence-corrected chi connectivity index (χ0v) is 19.1. The Hall–Kier alpha value is -3.77. The average molecular weight is 441 g/mol. The molecule has 1 unspecified atom stereocenters. The van der Waals surface area contributed by atoms with Crippen LogP contribution in [0.15, 0.2) is 77.6 Å². The zero-order valence-electron chi connectivity index (χ0n) is 19.1. The smallest absolute Gasteiger partial charge is 0.258 e. The molecule has 6 nitrogen and oxygen atoms in total. The van der Waals surface area contributed by atoms with E-state index in [0.29, 0.717) is 29.8 Å². The molecule has 0 aliphatic heterocycles. The van der Waals surface area contributed by atoms with Crippen LogP contribution in [0.2, 0.25) is 0 Å². The number of carbonyl (C=O) groups excluding carboxylic acids is 1. The topological polar surface area (TPSA) is 78.1 Å². The molecule has 0 bridgehead atoms. The lowest BCUT2D eigenvalue weighted by Gasteiger charge is -2.30. The number of H-pyrrole nitrogens is 1. The van der Waals surface area contributed by atoms with E-state index < -0.39 is 6.04 Å². The van der Waals surface area contributed by atoms with Crippen LogP contribution in [0.4, 0.5) is 5.69 Å². The van der Waals surface area contributed by atoms with E-state index in [-0.39, 0.29) is 11.5 Å². The fourth-order valence-electron chi connectivity index (χ4n) is 4.02. The van der Waals surface area contributed by atoms with Crippen molar-refractivity contribution in [1.29, 1.82) is 0 Å². The van der Waals surface area contributed by atoms with Crippen LogP contribution in [0.5, 0.6) is 0 Å². The highest BCUT2D eigenvalue weighted by molar-refractivity contribution is 5.96. The Bertz CT molecular complexity index is 1330. The van der Waals surface area contributed by atoms with Gasteiger partial charge >= 0.3 is 0 Å². The number of anilines is 1. The lowest BCUT2D eigenvalue weighted by atomic mass is 10.0. The van der Waals surface area contributed by atoms with Crippen molar-refractivity contribution in [2.75, 3.05) is 11.9 Å². The first-order chi connectivity index (χ1) is 16.0. The molecule has 0 saturated carbocycles. The van der Waals surface area contributed by atoms with Crippen molar-refractivity contribution in [3.05, 3.63) is 106 Å². The van der Waals surface area contributed by atoms with E-state index in [1.54, 1.807) is 6.07 Å². The van der Waals surface area contributed by atoms with E-state index in [0.717, 1.165) is 22.4 Å². The monoisotopic (exact) mass is 440 g/mol. The van der Waals surface area contributed by atoms with E-state index in [4.69, 9.17) is 0 Å². The van der Waals surface area contributed by atoms with Gasteiger partial charge in [0.25, 0.3) is 5.56 Å². The molecular formula is C27H28N4O2. The summed E-state index contributed by atoms with van der Waals surface area (Å²) >= 11 is 0. The molecule has 0 spiro atoms. The molecule has 33 heavy (non-hydrogen) atoms.